The highest BCUT2D eigenvalue weighted by molar-refractivity contribution is 7.89. The Balaban J connectivity index is 2.24. The van der Waals surface area contributed by atoms with Crippen LogP contribution >= 0.6 is 0 Å². The molecule has 1 aromatic heterocycles. The van der Waals surface area contributed by atoms with Gasteiger partial charge in [-0.15, -0.1) is 4.83 Å². The number of hydrogen-bond donors (Lipinski definition) is 2. The zero-order valence-electron chi connectivity index (χ0n) is 12.1. The maximum atomic E-state index is 12.5. The second-order valence-electron chi connectivity index (χ2n) is 5.15. The summed E-state index contributed by atoms with van der Waals surface area (Å²) >= 11 is 0. The normalized spacial score (nSPS) is 17.6. The summed E-state index contributed by atoms with van der Waals surface area (Å²) in [4.78, 5) is 2.94. The molecule has 114 valence electrons. The molecule has 0 spiro atoms. The van der Waals surface area contributed by atoms with Crippen LogP contribution < -0.4 is 10.6 Å². The van der Waals surface area contributed by atoms with Crippen molar-refractivity contribution in [1.82, 2.24) is 19.6 Å². The van der Waals surface area contributed by atoms with E-state index in [0.29, 0.717) is 24.5 Å². The number of nitrogens with two attached hydrogens (primary N) is 1. The predicted octanol–water partition coefficient (Wildman–Crippen LogP) is 0.138. The third kappa shape index (κ3) is 3.20. The van der Waals surface area contributed by atoms with Crippen molar-refractivity contribution in [3.05, 3.63) is 11.4 Å². The fourth-order valence-corrected chi connectivity index (χ4v) is 4.15. The fraction of sp³-hybridized carbons (Fsp3) is 0.750. The molecule has 1 saturated heterocycles. The van der Waals surface area contributed by atoms with Gasteiger partial charge in [-0.2, -0.15) is 5.10 Å². The van der Waals surface area contributed by atoms with E-state index in [-0.39, 0.29) is 4.90 Å². The Morgan fingerprint density at radius 2 is 1.90 bits per heavy atom. The molecule has 0 atom stereocenters. The van der Waals surface area contributed by atoms with Gasteiger partial charge >= 0.3 is 0 Å². The van der Waals surface area contributed by atoms with Crippen LogP contribution in [0.1, 0.15) is 30.7 Å². The predicted molar refractivity (Wildman–Crippen MR) is 76.5 cm³/mol. The Morgan fingerprint density at radius 3 is 2.50 bits per heavy atom. The SMILES string of the molecule is Cc1nn(CCN)c(C)c1S(=O)(=O)NN1CCCCC1. The number of hydrogen-bond acceptors (Lipinski definition) is 5. The van der Waals surface area contributed by atoms with E-state index in [1.807, 2.05) is 0 Å². The van der Waals surface area contributed by atoms with Crippen molar-refractivity contribution < 1.29 is 8.42 Å². The van der Waals surface area contributed by atoms with Crippen LogP contribution in [-0.2, 0) is 16.6 Å². The molecule has 2 rings (SSSR count). The lowest BCUT2D eigenvalue weighted by Gasteiger charge is -2.26. The van der Waals surface area contributed by atoms with Crippen molar-refractivity contribution in [3.8, 4) is 0 Å². The van der Waals surface area contributed by atoms with Gasteiger partial charge < -0.3 is 5.73 Å². The van der Waals surface area contributed by atoms with Crippen LogP contribution in [0.2, 0.25) is 0 Å². The average Bonchev–Trinajstić information content (AvgIpc) is 2.66. The standard InChI is InChI=1S/C12H23N5O2S/c1-10-12(11(2)17(14-10)9-6-13)20(18,19)15-16-7-4-3-5-8-16/h15H,3-9,13H2,1-2H3. The fourth-order valence-electron chi connectivity index (χ4n) is 2.61. The minimum Gasteiger partial charge on any atom is -0.329 e. The summed E-state index contributed by atoms with van der Waals surface area (Å²) in [5.41, 5.74) is 6.66. The van der Waals surface area contributed by atoms with Gasteiger partial charge in [0.05, 0.1) is 17.9 Å². The van der Waals surface area contributed by atoms with E-state index in [0.717, 1.165) is 32.4 Å². The first kappa shape index (κ1) is 15.4. The van der Waals surface area contributed by atoms with E-state index in [4.69, 9.17) is 5.73 Å². The largest absolute Gasteiger partial charge is 0.329 e. The van der Waals surface area contributed by atoms with Crippen LogP contribution in [0.15, 0.2) is 4.90 Å². The molecule has 20 heavy (non-hydrogen) atoms. The molecule has 8 heteroatoms. The smallest absolute Gasteiger partial charge is 0.257 e. The average molecular weight is 301 g/mol. The second kappa shape index (κ2) is 6.21. The summed E-state index contributed by atoms with van der Waals surface area (Å²) in [6.07, 6.45) is 3.20. The van der Waals surface area contributed by atoms with Gasteiger partial charge in [-0.3, -0.25) is 4.68 Å². The van der Waals surface area contributed by atoms with Gasteiger partial charge in [0.1, 0.15) is 4.90 Å². The van der Waals surface area contributed by atoms with E-state index < -0.39 is 10.0 Å². The maximum Gasteiger partial charge on any atom is 0.257 e. The molecule has 0 aliphatic carbocycles. The first-order chi connectivity index (χ1) is 9.45. The summed E-state index contributed by atoms with van der Waals surface area (Å²) < 4.78 is 26.7. The molecular formula is C12H23N5O2S. The number of aromatic nitrogens is 2. The molecule has 0 aromatic carbocycles. The number of hydrazine groups is 1. The van der Waals surface area contributed by atoms with Crippen molar-refractivity contribution in [3.63, 3.8) is 0 Å². The van der Waals surface area contributed by atoms with Gasteiger partial charge in [-0.25, -0.2) is 13.4 Å². The molecule has 1 fully saturated rings. The Kier molecular flexibility index (Phi) is 4.79. The van der Waals surface area contributed by atoms with Crippen molar-refractivity contribution >= 4 is 10.0 Å². The van der Waals surface area contributed by atoms with Gasteiger partial charge in [-0.05, 0) is 26.7 Å². The number of nitrogens with one attached hydrogen (secondary N) is 1. The number of aryl methyl sites for hydroxylation is 1. The summed E-state index contributed by atoms with van der Waals surface area (Å²) in [5.74, 6) is 0. The van der Waals surface area contributed by atoms with Gasteiger partial charge in [0, 0.05) is 19.6 Å². The Bertz CT molecular complexity index is 561. The van der Waals surface area contributed by atoms with Crippen molar-refractivity contribution in [2.45, 2.75) is 44.6 Å². The number of sulfonamides is 1. The van der Waals surface area contributed by atoms with E-state index >= 15 is 0 Å². The lowest BCUT2D eigenvalue weighted by atomic mass is 10.2. The Hall–Kier alpha value is -0.960. The van der Waals surface area contributed by atoms with Crippen LogP contribution in [0.5, 0.6) is 0 Å². The van der Waals surface area contributed by atoms with Gasteiger partial charge in [0.25, 0.3) is 10.0 Å². The van der Waals surface area contributed by atoms with Crippen LogP contribution in [0.25, 0.3) is 0 Å². The van der Waals surface area contributed by atoms with Gasteiger partial charge in [0.2, 0.25) is 0 Å². The second-order valence-corrected chi connectivity index (χ2v) is 6.75. The lowest BCUT2D eigenvalue weighted by molar-refractivity contribution is 0.200. The molecule has 0 radical (unpaired) electrons. The Labute approximate surface area is 120 Å². The van der Waals surface area contributed by atoms with Gasteiger partial charge in [0.15, 0.2) is 0 Å². The maximum absolute atomic E-state index is 12.5. The summed E-state index contributed by atoms with van der Waals surface area (Å²) in [6.45, 7) is 5.95. The molecule has 1 aliphatic heterocycles. The highest BCUT2D eigenvalue weighted by Crippen LogP contribution is 2.20. The summed E-state index contributed by atoms with van der Waals surface area (Å²) in [7, 11) is -3.57. The monoisotopic (exact) mass is 301 g/mol. The highest BCUT2D eigenvalue weighted by Gasteiger charge is 2.26. The molecule has 3 N–H and O–H groups in total. The third-order valence-electron chi connectivity index (χ3n) is 3.53. The third-order valence-corrected chi connectivity index (χ3v) is 5.16. The minimum atomic E-state index is -3.57. The summed E-state index contributed by atoms with van der Waals surface area (Å²) in [5, 5.41) is 6.03. The van der Waals surface area contributed by atoms with Gasteiger partial charge in [-0.1, -0.05) is 6.42 Å². The van der Waals surface area contributed by atoms with Crippen LogP contribution in [-0.4, -0.2) is 42.8 Å². The lowest BCUT2D eigenvalue weighted by Crippen LogP contribution is -2.45. The Morgan fingerprint density at radius 1 is 1.25 bits per heavy atom. The molecule has 0 amide bonds. The van der Waals surface area contributed by atoms with E-state index in [2.05, 4.69) is 9.93 Å². The molecule has 1 aromatic rings. The molecule has 0 saturated carbocycles. The van der Waals surface area contributed by atoms with Crippen LogP contribution in [0.4, 0.5) is 0 Å². The number of nitrogens with zero attached hydrogens (tertiary/aromatic N) is 3. The zero-order valence-corrected chi connectivity index (χ0v) is 12.9. The topological polar surface area (TPSA) is 93.2 Å². The first-order valence-electron chi connectivity index (χ1n) is 6.97. The number of rotatable bonds is 5. The quantitative estimate of drug-likeness (QED) is 0.807. The number of piperidine rings is 1. The molecule has 1 aliphatic rings. The van der Waals surface area contributed by atoms with Crippen molar-refractivity contribution in [2.24, 2.45) is 5.73 Å². The minimum absolute atomic E-state index is 0.275. The highest BCUT2D eigenvalue weighted by atomic mass is 32.2. The molecule has 2 heterocycles. The van der Waals surface area contributed by atoms with Crippen LogP contribution in [0, 0.1) is 13.8 Å². The van der Waals surface area contributed by atoms with E-state index in [9.17, 15) is 8.42 Å². The van der Waals surface area contributed by atoms with E-state index in [1.165, 1.54) is 0 Å². The molecule has 7 nitrogen and oxygen atoms in total. The molecular weight excluding hydrogens is 278 g/mol. The van der Waals surface area contributed by atoms with Crippen molar-refractivity contribution in [1.29, 1.82) is 0 Å². The van der Waals surface area contributed by atoms with Crippen molar-refractivity contribution in [2.75, 3.05) is 19.6 Å². The first-order valence-corrected chi connectivity index (χ1v) is 8.45. The van der Waals surface area contributed by atoms with Crippen LogP contribution in [0.3, 0.4) is 0 Å². The molecule has 0 bridgehead atoms. The summed E-state index contributed by atoms with van der Waals surface area (Å²) in [6, 6.07) is 0. The zero-order chi connectivity index (χ0) is 14.8. The van der Waals surface area contributed by atoms with E-state index in [1.54, 1.807) is 23.5 Å². The molecule has 0 unspecified atom stereocenters.